The number of aryl methyl sites for hydroxylation is 2. The number of hydrogen-bond donors (Lipinski definition) is 0. The molecule has 0 saturated heterocycles. The van der Waals surface area contributed by atoms with Crippen molar-refractivity contribution in [1.82, 2.24) is 9.13 Å². The Hall–Kier alpha value is -1.27. The maximum atomic E-state index is 11.2. The van der Waals surface area contributed by atoms with E-state index in [1.165, 1.54) is 0 Å². The minimum atomic E-state index is -0.309. The molecule has 1 aromatic rings. The van der Waals surface area contributed by atoms with E-state index in [1.54, 1.807) is 6.92 Å². The molecule has 0 spiro atoms. The molecule has 0 radical (unpaired) electrons. The third-order valence-electron chi connectivity index (χ3n) is 3.61. The fraction of sp³-hybridized carbons (Fsp3) is 0.588. The summed E-state index contributed by atoms with van der Waals surface area (Å²) < 4.78 is 10.8. The van der Waals surface area contributed by atoms with Crippen LogP contribution in [0.3, 0.4) is 0 Å². The minimum absolute atomic E-state index is 0.309. The molecule has 1 rings (SSSR count). The van der Waals surface area contributed by atoms with Gasteiger partial charge in [0.25, 0.3) is 0 Å². The lowest BCUT2D eigenvalue weighted by molar-refractivity contribution is -0.139. The fourth-order valence-corrected chi connectivity index (χ4v) is 2.89. The van der Waals surface area contributed by atoms with E-state index in [2.05, 4.69) is 18.1 Å². The summed E-state index contributed by atoms with van der Waals surface area (Å²) in [5.74, 6) is -0.309. The molecule has 23 heavy (non-hydrogen) atoms. The molecule has 0 N–H and O–H groups in total. The van der Waals surface area contributed by atoms with E-state index in [0.29, 0.717) is 12.2 Å². The maximum absolute atomic E-state index is 11.2. The molecule has 0 amide bonds. The van der Waals surface area contributed by atoms with Crippen LogP contribution < -0.4 is 0 Å². The first-order valence-electron chi connectivity index (χ1n) is 8.02. The number of nitrogens with zero attached hydrogens (tertiary/aromatic N) is 2. The Morgan fingerprint density at radius 2 is 1.91 bits per heavy atom. The average Bonchev–Trinajstić information content (AvgIpc) is 2.52. The molecule has 0 aliphatic carbocycles. The van der Waals surface area contributed by atoms with Gasteiger partial charge < -0.3 is 13.9 Å². The zero-order valence-corrected chi connectivity index (χ0v) is 15.9. The van der Waals surface area contributed by atoms with E-state index in [0.717, 1.165) is 53.7 Å². The molecule has 0 aliphatic heterocycles. The zero-order chi connectivity index (χ0) is 17.4. The average molecular weight is 355 g/mol. The Bertz CT molecular complexity index is 674. The normalized spacial score (nSPS) is 10.6. The number of esters is 1. The van der Waals surface area contributed by atoms with Crippen molar-refractivity contribution >= 4 is 30.4 Å². The largest absolute Gasteiger partial charge is 0.462 e. The minimum Gasteiger partial charge on any atom is -0.462 e. The third-order valence-corrected chi connectivity index (χ3v) is 4.60. The highest BCUT2D eigenvalue weighted by Crippen LogP contribution is 2.09. The standard InChI is InChI=1S/C17H26N2O2S2/c1-5-18-12-14(4)15(22)19(17(18)23)10-8-6-7-9-11-21-16(20)13(2)3/h12H,2,5-11H2,1,3-4H3. The van der Waals surface area contributed by atoms with E-state index in [-0.39, 0.29) is 5.97 Å². The zero-order valence-electron chi connectivity index (χ0n) is 14.3. The number of carbonyl (C=O) groups excluding carboxylic acids is 1. The van der Waals surface area contributed by atoms with E-state index in [1.807, 2.05) is 17.7 Å². The number of unbranched alkanes of at least 4 members (excludes halogenated alkanes) is 3. The van der Waals surface area contributed by atoms with E-state index >= 15 is 0 Å². The third kappa shape index (κ3) is 6.03. The van der Waals surface area contributed by atoms with Crippen LogP contribution in [0, 0.1) is 16.3 Å². The molecule has 0 aliphatic rings. The van der Waals surface area contributed by atoms with Gasteiger partial charge in [0.2, 0.25) is 0 Å². The summed E-state index contributed by atoms with van der Waals surface area (Å²) in [6.45, 7) is 11.5. The van der Waals surface area contributed by atoms with Crippen molar-refractivity contribution in [3.05, 3.63) is 33.3 Å². The van der Waals surface area contributed by atoms with Gasteiger partial charge in [0.1, 0.15) is 4.64 Å². The topological polar surface area (TPSA) is 36.2 Å². The highest BCUT2D eigenvalue weighted by molar-refractivity contribution is 7.72. The van der Waals surface area contributed by atoms with Crippen LogP contribution in [0.25, 0.3) is 0 Å². The van der Waals surface area contributed by atoms with Gasteiger partial charge in [-0.05, 0) is 52.3 Å². The molecular formula is C17H26N2O2S2. The van der Waals surface area contributed by atoms with Crippen molar-refractivity contribution < 1.29 is 9.53 Å². The Labute approximate surface area is 148 Å². The van der Waals surface area contributed by atoms with Crippen molar-refractivity contribution in [2.45, 2.75) is 59.5 Å². The summed E-state index contributed by atoms with van der Waals surface area (Å²) in [7, 11) is 0. The maximum Gasteiger partial charge on any atom is 0.333 e. The predicted octanol–water partition coefficient (Wildman–Crippen LogP) is 4.76. The van der Waals surface area contributed by atoms with Crippen LogP contribution in [0.5, 0.6) is 0 Å². The Morgan fingerprint density at radius 1 is 1.26 bits per heavy atom. The summed E-state index contributed by atoms with van der Waals surface area (Å²) in [5.41, 5.74) is 1.53. The van der Waals surface area contributed by atoms with Crippen LogP contribution in [0.4, 0.5) is 0 Å². The van der Waals surface area contributed by atoms with Crippen LogP contribution in [0.2, 0.25) is 0 Å². The lowest BCUT2D eigenvalue weighted by atomic mass is 10.2. The van der Waals surface area contributed by atoms with Crippen molar-refractivity contribution in [2.24, 2.45) is 0 Å². The van der Waals surface area contributed by atoms with Gasteiger partial charge in [0.05, 0.1) is 6.61 Å². The van der Waals surface area contributed by atoms with Gasteiger partial charge >= 0.3 is 5.97 Å². The van der Waals surface area contributed by atoms with Gasteiger partial charge in [-0.2, -0.15) is 0 Å². The van der Waals surface area contributed by atoms with Gasteiger partial charge in [0, 0.05) is 30.4 Å². The monoisotopic (exact) mass is 354 g/mol. The van der Waals surface area contributed by atoms with Gasteiger partial charge in [-0.15, -0.1) is 0 Å². The molecule has 1 aromatic heterocycles. The molecule has 0 fully saturated rings. The number of aromatic nitrogens is 2. The van der Waals surface area contributed by atoms with Crippen molar-refractivity contribution in [3.63, 3.8) is 0 Å². The predicted molar refractivity (Wildman–Crippen MR) is 98.7 cm³/mol. The highest BCUT2D eigenvalue weighted by atomic mass is 32.1. The Morgan fingerprint density at radius 3 is 2.52 bits per heavy atom. The van der Waals surface area contributed by atoms with Crippen molar-refractivity contribution in [1.29, 1.82) is 0 Å². The Balaban J connectivity index is 2.41. The van der Waals surface area contributed by atoms with Crippen LogP contribution in [0.1, 0.15) is 45.1 Å². The molecule has 0 aromatic carbocycles. The van der Waals surface area contributed by atoms with Gasteiger partial charge in [-0.1, -0.05) is 25.2 Å². The Kier molecular flexibility index (Phi) is 8.41. The summed E-state index contributed by atoms with van der Waals surface area (Å²) in [4.78, 5) is 11.2. The molecule has 6 heteroatoms. The molecule has 0 unspecified atom stereocenters. The number of hydrogen-bond acceptors (Lipinski definition) is 4. The second kappa shape index (κ2) is 9.78. The van der Waals surface area contributed by atoms with Gasteiger partial charge in [0.15, 0.2) is 4.77 Å². The summed E-state index contributed by atoms with van der Waals surface area (Å²) in [5, 5.41) is 0. The first-order chi connectivity index (χ1) is 10.9. The van der Waals surface area contributed by atoms with Crippen LogP contribution in [-0.2, 0) is 22.6 Å². The van der Waals surface area contributed by atoms with Crippen molar-refractivity contribution in [2.75, 3.05) is 6.61 Å². The van der Waals surface area contributed by atoms with Crippen LogP contribution >= 0.6 is 24.4 Å². The molecule has 4 nitrogen and oxygen atoms in total. The van der Waals surface area contributed by atoms with E-state index in [4.69, 9.17) is 29.2 Å². The lowest BCUT2D eigenvalue weighted by Crippen LogP contribution is -2.12. The smallest absolute Gasteiger partial charge is 0.333 e. The number of rotatable bonds is 9. The molecule has 0 saturated carbocycles. The fourth-order valence-electron chi connectivity index (χ4n) is 2.24. The second-order valence-electron chi connectivity index (χ2n) is 5.67. The SMILES string of the molecule is C=C(C)C(=O)OCCCCCCn1c(=S)c(C)cn(CC)c1=S. The van der Waals surface area contributed by atoms with E-state index < -0.39 is 0 Å². The molecule has 0 bridgehead atoms. The second-order valence-corrected chi connectivity index (χ2v) is 6.42. The molecule has 1 heterocycles. The summed E-state index contributed by atoms with van der Waals surface area (Å²) in [6, 6.07) is 0. The lowest BCUT2D eigenvalue weighted by Gasteiger charge is -2.14. The summed E-state index contributed by atoms with van der Waals surface area (Å²) in [6.07, 6.45) is 5.98. The summed E-state index contributed by atoms with van der Waals surface area (Å²) >= 11 is 11.0. The molecule has 0 atom stereocenters. The van der Waals surface area contributed by atoms with Crippen molar-refractivity contribution in [3.8, 4) is 0 Å². The van der Waals surface area contributed by atoms with Crippen LogP contribution in [-0.4, -0.2) is 21.7 Å². The van der Waals surface area contributed by atoms with Gasteiger partial charge in [-0.25, -0.2) is 4.79 Å². The number of carbonyl (C=O) groups is 1. The first kappa shape index (κ1) is 19.8. The van der Waals surface area contributed by atoms with Gasteiger partial charge in [-0.3, -0.25) is 0 Å². The highest BCUT2D eigenvalue weighted by Gasteiger charge is 2.04. The molecule has 128 valence electrons. The first-order valence-corrected chi connectivity index (χ1v) is 8.83. The number of ether oxygens (including phenoxy) is 1. The van der Waals surface area contributed by atoms with E-state index in [9.17, 15) is 4.79 Å². The molecular weight excluding hydrogens is 328 g/mol. The quantitative estimate of drug-likeness (QED) is 0.277. The van der Waals surface area contributed by atoms with Crippen LogP contribution in [0.15, 0.2) is 18.3 Å².